The molecule has 1 atom stereocenters. The van der Waals surface area contributed by atoms with Crippen molar-refractivity contribution in [1.29, 1.82) is 0 Å². The molecule has 5 heteroatoms. The third kappa shape index (κ3) is 2.64. The highest BCUT2D eigenvalue weighted by molar-refractivity contribution is 7.99. The monoisotopic (exact) mass is 217 g/mol. The van der Waals surface area contributed by atoms with Crippen LogP contribution in [0, 0.1) is 0 Å². The molecule has 4 nitrogen and oxygen atoms in total. The van der Waals surface area contributed by atoms with Crippen molar-refractivity contribution in [1.82, 2.24) is 4.90 Å². The molecular formula is C9H15NO3S. The van der Waals surface area contributed by atoms with E-state index in [4.69, 9.17) is 4.74 Å². The van der Waals surface area contributed by atoms with Gasteiger partial charge in [0.1, 0.15) is 6.04 Å². The molecule has 1 aliphatic heterocycles. The van der Waals surface area contributed by atoms with Crippen molar-refractivity contribution in [2.75, 3.05) is 11.6 Å². The third-order valence-corrected chi connectivity index (χ3v) is 2.92. The second-order valence-electron chi connectivity index (χ2n) is 3.49. The summed E-state index contributed by atoms with van der Waals surface area (Å²) in [5.41, 5.74) is 0. The molecule has 1 saturated heterocycles. The first-order valence-corrected chi connectivity index (χ1v) is 5.73. The highest BCUT2D eigenvalue weighted by Crippen LogP contribution is 2.22. The van der Waals surface area contributed by atoms with Gasteiger partial charge in [0.15, 0.2) is 0 Å². The van der Waals surface area contributed by atoms with Crippen molar-refractivity contribution in [3.8, 4) is 0 Å². The maximum absolute atomic E-state index is 11.5. The fraction of sp³-hybridized carbons (Fsp3) is 0.778. The lowest BCUT2D eigenvalue weighted by Gasteiger charge is -2.21. The molecule has 0 aliphatic carbocycles. The maximum Gasteiger partial charge on any atom is 0.330 e. The molecule has 1 rings (SSSR count). The van der Waals surface area contributed by atoms with Crippen LogP contribution in [0.5, 0.6) is 0 Å². The summed E-state index contributed by atoms with van der Waals surface area (Å²) in [5, 5.41) is 0. The number of rotatable bonds is 2. The number of ether oxygens (including phenoxy) is 1. The van der Waals surface area contributed by atoms with Gasteiger partial charge in [-0.05, 0) is 13.8 Å². The lowest BCUT2D eigenvalue weighted by Crippen LogP contribution is -2.42. The predicted molar refractivity (Wildman–Crippen MR) is 54.9 cm³/mol. The Morgan fingerprint density at radius 1 is 1.50 bits per heavy atom. The molecule has 1 unspecified atom stereocenters. The lowest BCUT2D eigenvalue weighted by atomic mass is 10.3. The minimum atomic E-state index is -0.389. The Kier molecular flexibility index (Phi) is 3.80. The van der Waals surface area contributed by atoms with Gasteiger partial charge in [-0.2, -0.15) is 0 Å². The Morgan fingerprint density at radius 3 is 2.64 bits per heavy atom. The van der Waals surface area contributed by atoms with Gasteiger partial charge in [0.2, 0.25) is 5.91 Å². The zero-order chi connectivity index (χ0) is 10.7. The van der Waals surface area contributed by atoms with E-state index in [1.807, 2.05) is 0 Å². The van der Waals surface area contributed by atoms with Crippen molar-refractivity contribution >= 4 is 23.6 Å². The first-order valence-electron chi connectivity index (χ1n) is 4.58. The fourth-order valence-corrected chi connectivity index (χ4v) is 2.46. The fourth-order valence-electron chi connectivity index (χ4n) is 1.26. The number of amides is 1. The summed E-state index contributed by atoms with van der Waals surface area (Å²) >= 11 is 1.58. The van der Waals surface area contributed by atoms with Crippen LogP contribution < -0.4 is 0 Å². The van der Waals surface area contributed by atoms with Crippen LogP contribution in [0.25, 0.3) is 0 Å². The molecule has 1 amide bonds. The number of carbonyl (C=O) groups excluding carboxylic acids is 2. The van der Waals surface area contributed by atoms with Gasteiger partial charge in [-0.15, -0.1) is 11.8 Å². The van der Waals surface area contributed by atoms with Crippen LogP contribution in [0.2, 0.25) is 0 Å². The number of thioether (sulfide) groups is 1. The van der Waals surface area contributed by atoms with E-state index in [1.165, 1.54) is 6.92 Å². The second kappa shape index (κ2) is 4.68. The minimum Gasteiger partial charge on any atom is -0.461 e. The number of nitrogens with zero attached hydrogens (tertiary/aromatic N) is 1. The normalized spacial score (nSPS) is 21.4. The summed E-state index contributed by atoms with van der Waals surface area (Å²) in [7, 11) is 0. The summed E-state index contributed by atoms with van der Waals surface area (Å²) in [6.45, 7) is 5.08. The van der Waals surface area contributed by atoms with Gasteiger partial charge in [0, 0.05) is 12.7 Å². The zero-order valence-electron chi connectivity index (χ0n) is 8.65. The molecule has 0 aromatic rings. The van der Waals surface area contributed by atoms with Crippen LogP contribution in [0.4, 0.5) is 0 Å². The van der Waals surface area contributed by atoms with E-state index in [9.17, 15) is 9.59 Å². The van der Waals surface area contributed by atoms with Crippen molar-refractivity contribution in [2.45, 2.75) is 32.9 Å². The maximum atomic E-state index is 11.5. The zero-order valence-corrected chi connectivity index (χ0v) is 9.47. The summed E-state index contributed by atoms with van der Waals surface area (Å²) < 4.78 is 5.07. The summed E-state index contributed by atoms with van der Waals surface area (Å²) in [6.07, 6.45) is -0.123. The summed E-state index contributed by atoms with van der Waals surface area (Å²) in [6, 6.07) is -0.389. The molecule has 0 spiro atoms. The quantitative estimate of drug-likeness (QED) is 0.644. The first kappa shape index (κ1) is 11.4. The Morgan fingerprint density at radius 2 is 2.14 bits per heavy atom. The summed E-state index contributed by atoms with van der Waals surface area (Å²) in [4.78, 5) is 24.2. The van der Waals surface area contributed by atoms with Crippen LogP contribution in [-0.2, 0) is 14.3 Å². The Balaban J connectivity index is 2.58. The summed E-state index contributed by atoms with van der Waals surface area (Å²) in [5.74, 6) is 0.874. The van der Waals surface area contributed by atoms with E-state index in [2.05, 4.69) is 0 Å². The molecule has 0 radical (unpaired) electrons. The topological polar surface area (TPSA) is 46.6 Å². The van der Waals surface area contributed by atoms with Crippen LogP contribution in [0.3, 0.4) is 0 Å². The van der Waals surface area contributed by atoms with E-state index >= 15 is 0 Å². The van der Waals surface area contributed by atoms with Gasteiger partial charge in [0.25, 0.3) is 0 Å². The molecule has 1 heterocycles. The van der Waals surface area contributed by atoms with Crippen LogP contribution in [0.1, 0.15) is 20.8 Å². The first-order chi connectivity index (χ1) is 6.52. The third-order valence-electron chi connectivity index (χ3n) is 1.91. The van der Waals surface area contributed by atoms with E-state index in [1.54, 1.807) is 30.5 Å². The number of hydrogen-bond donors (Lipinski definition) is 0. The van der Waals surface area contributed by atoms with E-state index in [0.717, 1.165) is 0 Å². The van der Waals surface area contributed by atoms with Gasteiger partial charge in [-0.3, -0.25) is 4.79 Å². The SMILES string of the molecule is CC(=O)N1CSCC1C(=O)OC(C)C. The number of esters is 1. The van der Waals surface area contributed by atoms with Gasteiger partial charge < -0.3 is 9.64 Å². The van der Waals surface area contributed by atoms with Crippen molar-refractivity contribution in [3.05, 3.63) is 0 Å². The molecule has 1 aliphatic rings. The average Bonchev–Trinajstić information content (AvgIpc) is 2.49. The molecule has 0 aromatic carbocycles. The Hall–Kier alpha value is -0.710. The number of carbonyl (C=O) groups is 2. The highest BCUT2D eigenvalue weighted by atomic mass is 32.2. The molecular weight excluding hydrogens is 202 g/mol. The average molecular weight is 217 g/mol. The van der Waals surface area contributed by atoms with E-state index < -0.39 is 0 Å². The molecule has 0 aromatic heterocycles. The predicted octanol–water partition coefficient (Wildman–Crippen LogP) is 0.859. The van der Waals surface area contributed by atoms with Crippen molar-refractivity contribution in [3.63, 3.8) is 0 Å². The molecule has 0 saturated carbocycles. The van der Waals surface area contributed by atoms with Crippen LogP contribution in [0.15, 0.2) is 0 Å². The Labute approximate surface area is 88.0 Å². The molecule has 0 bridgehead atoms. The van der Waals surface area contributed by atoms with Gasteiger partial charge in [-0.1, -0.05) is 0 Å². The molecule has 0 N–H and O–H groups in total. The van der Waals surface area contributed by atoms with Crippen LogP contribution in [-0.4, -0.2) is 40.6 Å². The van der Waals surface area contributed by atoms with Gasteiger partial charge in [-0.25, -0.2) is 4.79 Å². The van der Waals surface area contributed by atoms with Crippen molar-refractivity contribution < 1.29 is 14.3 Å². The van der Waals surface area contributed by atoms with Gasteiger partial charge >= 0.3 is 5.97 Å². The highest BCUT2D eigenvalue weighted by Gasteiger charge is 2.34. The standard InChI is InChI=1S/C9H15NO3S/c1-6(2)13-9(12)8-4-14-5-10(8)7(3)11/h6,8H,4-5H2,1-3H3. The minimum absolute atomic E-state index is 0.0688. The Bertz CT molecular complexity index is 242. The molecule has 80 valence electrons. The largest absolute Gasteiger partial charge is 0.461 e. The van der Waals surface area contributed by atoms with Crippen LogP contribution >= 0.6 is 11.8 Å². The molecule has 14 heavy (non-hydrogen) atoms. The molecule has 1 fully saturated rings. The lowest BCUT2D eigenvalue weighted by molar-refractivity contribution is -0.155. The van der Waals surface area contributed by atoms with Gasteiger partial charge in [0.05, 0.1) is 12.0 Å². The number of hydrogen-bond acceptors (Lipinski definition) is 4. The second-order valence-corrected chi connectivity index (χ2v) is 4.49. The van der Waals surface area contributed by atoms with E-state index in [-0.39, 0.29) is 24.0 Å². The van der Waals surface area contributed by atoms with E-state index in [0.29, 0.717) is 11.6 Å². The van der Waals surface area contributed by atoms with Crippen molar-refractivity contribution in [2.24, 2.45) is 0 Å². The smallest absolute Gasteiger partial charge is 0.330 e.